The molecule has 0 unspecified atom stereocenters. The number of nitrogens with one attached hydrogen (secondary N) is 1. The van der Waals surface area contributed by atoms with Gasteiger partial charge in [-0.2, -0.15) is 4.98 Å². The van der Waals surface area contributed by atoms with Gasteiger partial charge in [0.15, 0.2) is 0 Å². The smallest absolute Gasteiger partial charge is 0.339 e. The number of amides is 1. The normalized spacial score (nSPS) is 11.2. The molecule has 0 saturated heterocycles. The molecule has 0 radical (unpaired) electrons. The Morgan fingerprint density at radius 1 is 0.941 bits per heavy atom. The van der Waals surface area contributed by atoms with Crippen molar-refractivity contribution in [3.8, 4) is 0 Å². The number of sulfonamides is 2. The van der Waals surface area contributed by atoms with Crippen LogP contribution in [0.3, 0.4) is 0 Å². The van der Waals surface area contributed by atoms with Crippen molar-refractivity contribution in [3.63, 3.8) is 0 Å². The highest BCUT2D eigenvalue weighted by atomic mass is 36.0. The third kappa shape index (κ3) is 14.1. The summed E-state index contributed by atoms with van der Waals surface area (Å²) >= 11 is 25.7. The van der Waals surface area contributed by atoms with E-state index in [-0.39, 0.29) is 44.5 Å². The van der Waals surface area contributed by atoms with Gasteiger partial charge in [-0.25, -0.2) is 31.9 Å². The fourth-order valence-electron chi connectivity index (χ4n) is 3.81. The van der Waals surface area contributed by atoms with Crippen molar-refractivity contribution in [1.29, 1.82) is 0 Å². The molecule has 0 fully saturated rings. The number of primary amides is 1. The maximum Gasteiger partial charge on any atom is 0.339 e. The molecule has 0 aliphatic heterocycles. The monoisotopic (exact) mass is 866 g/mol. The highest BCUT2D eigenvalue weighted by Crippen LogP contribution is 2.61. The maximum absolute atomic E-state index is 11.9. The Bertz CT molecular complexity index is 2310. The second-order valence-electron chi connectivity index (χ2n) is 9.25. The minimum atomic E-state index is -4.11. The van der Waals surface area contributed by atoms with E-state index in [1.54, 1.807) is 28.8 Å². The number of anilines is 1. The number of fused-ring (bicyclic) bond motifs is 1. The van der Waals surface area contributed by atoms with Crippen LogP contribution < -0.4 is 26.9 Å². The zero-order valence-electron chi connectivity index (χ0n) is 25.2. The fourth-order valence-corrected chi connectivity index (χ4v) is 6.00. The average Bonchev–Trinajstić information content (AvgIpc) is 3.71. The van der Waals surface area contributed by atoms with Gasteiger partial charge in [-0.1, -0.05) is 23.2 Å². The lowest BCUT2D eigenvalue weighted by molar-refractivity contribution is -0.106. The second kappa shape index (κ2) is 18.7. The van der Waals surface area contributed by atoms with E-state index in [9.17, 15) is 31.0 Å². The third-order valence-corrected chi connectivity index (χ3v) is 8.51. The average molecular weight is 869 g/mol. The van der Waals surface area contributed by atoms with Crippen LogP contribution in [-0.2, 0) is 42.5 Å². The quantitative estimate of drug-likeness (QED) is 0.0998. The fraction of sp³-hybridized carbons (Fsp3) is 0.0769. The molecule has 0 spiro atoms. The third-order valence-electron chi connectivity index (χ3n) is 5.76. The molecule has 8 N–H and O–H groups in total. The molecular formula is C26H24Cl5N6O11PS2. The van der Waals surface area contributed by atoms with Gasteiger partial charge in [-0.3, -0.25) is 14.2 Å². The van der Waals surface area contributed by atoms with Crippen LogP contribution in [0.1, 0.15) is 21.9 Å². The predicted molar refractivity (Wildman–Crippen MR) is 191 cm³/mol. The molecule has 3 aromatic heterocycles. The molecule has 51 heavy (non-hydrogen) atoms. The molecule has 3 heterocycles. The highest BCUT2D eigenvalue weighted by Gasteiger charge is 2.21. The van der Waals surface area contributed by atoms with Crippen LogP contribution in [0.4, 0.5) is 5.69 Å². The first-order valence-corrected chi connectivity index (χ1v) is 21.3. The van der Waals surface area contributed by atoms with Crippen molar-refractivity contribution in [2.45, 2.75) is 22.9 Å². The molecule has 0 saturated carbocycles. The maximum atomic E-state index is 11.9. The summed E-state index contributed by atoms with van der Waals surface area (Å²) in [5, 5.41) is 18.7. The Labute approximate surface area is 313 Å². The van der Waals surface area contributed by atoms with Crippen molar-refractivity contribution >= 4 is 111 Å². The summed E-state index contributed by atoms with van der Waals surface area (Å²) < 4.78 is 67.2. The van der Waals surface area contributed by atoms with Gasteiger partial charge in [0.2, 0.25) is 26.5 Å². The van der Waals surface area contributed by atoms with Gasteiger partial charge in [0.1, 0.15) is 21.3 Å². The van der Waals surface area contributed by atoms with E-state index in [4.69, 9.17) is 52.2 Å². The minimum absolute atomic E-state index is 0.0613. The summed E-state index contributed by atoms with van der Waals surface area (Å²) in [7, 11) is -8.14. The Morgan fingerprint density at radius 2 is 1.43 bits per heavy atom. The molecule has 0 aliphatic carbocycles. The number of carbonyl (C=O) groups is 2. The zero-order valence-corrected chi connectivity index (χ0v) is 31.5. The number of aromatic nitrogens is 2. The molecular weight excluding hydrogens is 845 g/mol. The SMILES string of the molecule is NC=O.NS(=O)(=O)c1cc(C(=O)O)c(NCc2ccco2)cc1Cl.NS(=O)(=O)c1cc2c(=O)ncn(Cc3ccco3)c2cc1Cl.O=P(Cl)(Cl)Cl. The van der Waals surface area contributed by atoms with Gasteiger partial charge in [-0.05, 0) is 82.3 Å². The number of carbonyl (C=O) groups excluding carboxylic acids is 1. The molecule has 276 valence electrons. The number of rotatable bonds is 8. The summed E-state index contributed by atoms with van der Waals surface area (Å²) in [6, 6.07) is 11.5. The van der Waals surface area contributed by atoms with Crippen LogP contribution in [-0.4, -0.2) is 43.9 Å². The lowest BCUT2D eigenvalue weighted by Gasteiger charge is -2.11. The van der Waals surface area contributed by atoms with Gasteiger partial charge in [-0.15, -0.1) is 0 Å². The number of primary sulfonamides is 2. The molecule has 2 aromatic carbocycles. The Hall–Kier alpha value is -3.62. The number of halogens is 5. The molecule has 25 heteroatoms. The van der Waals surface area contributed by atoms with Crippen molar-refractivity contribution in [3.05, 3.63) is 105 Å². The predicted octanol–water partition coefficient (Wildman–Crippen LogP) is 5.14. The summed E-state index contributed by atoms with van der Waals surface area (Å²) in [4.78, 5) is 34.7. The summed E-state index contributed by atoms with van der Waals surface area (Å²) in [6.07, 6.45) is 4.60. The zero-order chi connectivity index (χ0) is 38.7. The van der Waals surface area contributed by atoms with Gasteiger partial charge >= 0.3 is 11.2 Å². The highest BCUT2D eigenvalue weighted by molar-refractivity contribution is 8.24. The summed E-state index contributed by atoms with van der Waals surface area (Å²) in [6.45, 7) is 0.542. The summed E-state index contributed by atoms with van der Waals surface area (Å²) in [5.41, 5.74) is 3.95. The molecule has 17 nitrogen and oxygen atoms in total. The lowest BCUT2D eigenvalue weighted by atomic mass is 10.1. The second-order valence-corrected chi connectivity index (χ2v) is 19.8. The van der Waals surface area contributed by atoms with E-state index >= 15 is 0 Å². The molecule has 0 bridgehead atoms. The number of carboxylic acid groups (broad SMARTS) is 1. The minimum Gasteiger partial charge on any atom is -0.478 e. The molecule has 1 amide bonds. The molecule has 0 atom stereocenters. The number of nitrogens with two attached hydrogens (primary N) is 3. The van der Waals surface area contributed by atoms with Gasteiger partial charge in [0, 0.05) is 0 Å². The number of hydrogen-bond acceptors (Lipinski definition) is 12. The number of carboxylic acids is 1. The Balaban J connectivity index is 0.000000293. The first-order chi connectivity index (χ1) is 23.6. The standard InChI is InChI=1S/C13H10ClN3O4S.C12H11ClN2O5S.CH3NO.Cl3OP/c14-10-5-11-9(4-12(10)22(15,19)20)13(18)16-7-17(11)6-8-2-1-3-21-8;13-9-5-10(15-6-7-2-1-3-20-7)8(12(16)17)4-11(9)21(14,18)19;2-1-3;1-5(2,3)4/h1-5,7H,6H2,(H2,15,19,20);1-5,15H,6H2,(H,16,17)(H2,14,18,19);1H,(H2,2,3);. The van der Waals surface area contributed by atoms with Crippen molar-refractivity contribution in [1.82, 2.24) is 9.55 Å². The molecule has 5 rings (SSSR count). The van der Waals surface area contributed by atoms with Crippen LogP contribution >= 0.6 is 62.1 Å². The van der Waals surface area contributed by atoms with Crippen molar-refractivity contribution < 1.29 is 44.9 Å². The van der Waals surface area contributed by atoms with E-state index in [1.807, 2.05) is 0 Å². The van der Waals surface area contributed by atoms with Crippen LogP contribution in [0, 0.1) is 0 Å². The summed E-state index contributed by atoms with van der Waals surface area (Å²) in [5.74, 6) is -0.0742. The van der Waals surface area contributed by atoms with E-state index in [0.29, 0.717) is 23.6 Å². The first kappa shape index (κ1) is 43.5. The van der Waals surface area contributed by atoms with Crippen LogP contribution in [0.15, 0.2) is 90.8 Å². The first-order valence-electron chi connectivity index (χ1n) is 13.0. The number of furan rings is 2. The molecule has 0 aliphatic rings. The van der Waals surface area contributed by atoms with Gasteiger partial charge < -0.3 is 29.6 Å². The van der Waals surface area contributed by atoms with Gasteiger partial charge in [0.05, 0.1) is 64.1 Å². The van der Waals surface area contributed by atoms with Crippen LogP contribution in [0.5, 0.6) is 0 Å². The lowest BCUT2D eigenvalue weighted by Crippen LogP contribution is -2.16. The van der Waals surface area contributed by atoms with Gasteiger partial charge in [0.25, 0.3) is 5.56 Å². The molecule has 5 aromatic rings. The van der Waals surface area contributed by atoms with E-state index in [2.05, 4.69) is 49.8 Å². The van der Waals surface area contributed by atoms with Crippen molar-refractivity contribution in [2.24, 2.45) is 16.0 Å². The van der Waals surface area contributed by atoms with Crippen molar-refractivity contribution in [2.75, 3.05) is 5.32 Å². The number of benzene rings is 2. The van der Waals surface area contributed by atoms with E-state index in [1.165, 1.54) is 31.0 Å². The van der Waals surface area contributed by atoms with Crippen LogP contribution in [0.25, 0.3) is 10.9 Å². The Kier molecular flexibility index (Phi) is 16.0. The van der Waals surface area contributed by atoms with E-state index in [0.717, 1.165) is 12.1 Å². The van der Waals surface area contributed by atoms with E-state index < -0.39 is 41.7 Å². The number of hydrogen-bond donors (Lipinski definition) is 5. The Morgan fingerprint density at radius 3 is 1.90 bits per heavy atom. The largest absolute Gasteiger partial charge is 0.478 e. The number of nitrogens with zero attached hydrogens (tertiary/aromatic N) is 2. The topological polar surface area (TPSA) is 291 Å². The number of aromatic carboxylic acids is 1. The van der Waals surface area contributed by atoms with Crippen LogP contribution in [0.2, 0.25) is 10.0 Å².